The molecular formula is C15H20ClN3O4. The summed E-state index contributed by atoms with van der Waals surface area (Å²) in [5, 5.41) is 2.85. The van der Waals surface area contributed by atoms with Gasteiger partial charge in [-0.2, -0.15) is 0 Å². The highest BCUT2D eigenvalue weighted by Crippen LogP contribution is 2.36. The summed E-state index contributed by atoms with van der Waals surface area (Å²) in [6, 6.07) is 1.51. The van der Waals surface area contributed by atoms with Crippen LogP contribution in [0.3, 0.4) is 0 Å². The minimum absolute atomic E-state index is 0.188. The maximum atomic E-state index is 12.4. The van der Waals surface area contributed by atoms with Crippen molar-refractivity contribution in [3.8, 4) is 0 Å². The molecule has 0 aromatic carbocycles. The van der Waals surface area contributed by atoms with Crippen LogP contribution in [-0.2, 0) is 9.53 Å². The van der Waals surface area contributed by atoms with Gasteiger partial charge in [0.2, 0.25) is 0 Å². The number of hydrogen-bond acceptors (Lipinski definition) is 4. The highest BCUT2D eigenvalue weighted by Gasteiger charge is 2.52. The number of nitrogens with zero attached hydrogens (tertiary/aromatic N) is 1. The van der Waals surface area contributed by atoms with Gasteiger partial charge >= 0.3 is 6.09 Å². The van der Waals surface area contributed by atoms with Gasteiger partial charge in [-0.1, -0.05) is 11.6 Å². The standard InChI is InChI=1S/C15H20ClN3O4/c1-9(20)11-10(16)5-8-19(11)18-12(21)15(6-7-15)17-13(22)23-14(2,3)4/h5,8H,6-7H2,1-4H3,(H,17,22)(H,18,21). The van der Waals surface area contributed by atoms with Crippen LogP contribution in [0.4, 0.5) is 4.79 Å². The van der Waals surface area contributed by atoms with E-state index < -0.39 is 23.1 Å². The monoisotopic (exact) mass is 341 g/mol. The summed E-state index contributed by atoms with van der Waals surface area (Å²) < 4.78 is 6.44. The van der Waals surface area contributed by atoms with Crippen molar-refractivity contribution in [3.63, 3.8) is 0 Å². The van der Waals surface area contributed by atoms with Crippen molar-refractivity contribution >= 4 is 29.4 Å². The van der Waals surface area contributed by atoms with Crippen LogP contribution in [0.15, 0.2) is 12.3 Å². The number of amides is 2. The van der Waals surface area contributed by atoms with E-state index >= 15 is 0 Å². The molecule has 1 fully saturated rings. The number of nitrogens with one attached hydrogen (secondary N) is 2. The predicted octanol–water partition coefficient (Wildman–Crippen LogP) is 2.47. The molecule has 2 rings (SSSR count). The van der Waals surface area contributed by atoms with Crippen molar-refractivity contribution in [2.24, 2.45) is 0 Å². The summed E-state index contributed by atoms with van der Waals surface area (Å²) in [5.74, 6) is -0.691. The van der Waals surface area contributed by atoms with Gasteiger partial charge in [0.25, 0.3) is 5.91 Å². The Morgan fingerprint density at radius 1 is 1.30 bits per heavy atom. The highest BCUT2D eigenvalue weighted by molar-refractivity contribution is 6.33. The average Bonchev–Trinajstić information content (AvgIpc) is 3.05. The maximum absolute atomic E-state index is 12.4. The Labute approximate surface area is 139 Å². The Kier molecular flexibility index (Phi) is 4.43. The SMILES string of the molecule is CC(=O)c1c(Cl)ccn1NC(=O)C1(NC(=O)OC(C)(C)C)CC1. The number of alkyl carbamates (subject to hydrolysis) is 1. The molecule has 1 heterocycles. The summed E-state index contributed by atoms with van der Waals surface area (Å²) in [6.45, 7) is 6.59. The third kappa shape index (κ3) is 4.04. The highest BCUT2D eigenvalue weighted by atomic mass is 35.5. The molecular weight excluding hydrogens is 322 g/mol. The van der Waals surface area contributed by atoms with Crippen LogP contribution in [0.1, 0.15) is 51.0 Å². The molecule has 1 aromatic rings. The number of carbonyl (C=O) groups excluding carboxylic acids is 3. The summed E-state index contributed by atoms with van der Waals surface area (Å²) >= 11 is 5.93. The van der Waals surface area contributed by atoms with Gasteiger partial charge in [-0.15, -0.1) is 0 Å². The summed E-state index contributed by atoms with van der Waals surface area (Å²) in [7, 11) is 0. The predicted molar refractivity (Wildman–Crippen MR) is 85.1 cm³/mol. The molecule has 8 heteroatoms. The zero-order valence-corrected chi connectivity index (χ0v) is 14.3. The number of ketones is 1. The molecule has 0 atom stereocenters. The fraction of sp³-hybridized carbons (Fsp3) is 0.533. The van der Waals surface area contributed by atoms with Gasteiger partial charge in [-0.25, -0.2) is 4.79 Å². The molecule has 0 unspecified atom stereocenters. The van der Waals surface area contributed by atoms with E-state index in [1.54, 1.807) is 20.8 Å². The average molecular weight is 342 g/mol. The zero-order valence-electron chi connectivity index (χ0n) is 13.5. The molecule has 1 aliphatic rings. The molecule has 0 radical (unpaired) electrons. The lowest BCUT2D eigenvalue weighted by Crippen LogP contribution is -2.49. The Hall–Kier alpha value is -2.02. The van der Waals surface area contributed by atoms with E-state index in [9.17, 15) is 14.4 Å². The van der Waals surface area contributed by atoms with Gasteiger partial charge in [0.1, 0.15) is 16.8 Å². The molecule has 7 nitrogen and oxygen atoms in total. The van der Waals surface area contributed by atoms with Crippen LogP contribution in [0.2, 0.25) is 5.02 Å². The lowest BCUT2D eigenvalue weighted by molar-refractivity contribution is -0.120. The fourth-order valence-electron chi connectivity index (χ4n) is 2.09. The van der Waals surface area contributed by atoms with Crippen LogP contribution in [0.5, 0.6) is 0 Å². The van der Waals surface area contributed by atoms with Crippen LogP contribution in [0.25, 0.3) is 0 Å². The van der Waals surface area contributed by atoms with Gasteiger partial charge in [0.15, 0.2) is 5.78 Å². The third-order valence-electron chi connectivity index (χ3n) is 3.32. The summed E-state index contributed by atoms with van der Waals surface area (Å²) in [4.78, 5) is 35.9. The van der Waals surface area contributed by atoms with Gasteiger partial charge < -0.3 is 10.1 Å². The second-order valence-electron chi connectivity index (χ2n) is 6.59. The van der Waals surface area contributed by atoms with Crippen molar-refractivity contribution in [1.82, 2.24) is 9.99 Å². The van der Waals surface area contributed by atoms with Crippen molar-refractivity contribution in [2.45, 2.75) is 51.7 Å². The molecule has 0 bridgehead atoms. The molecule has 0 aliphatic heterocycles. The number of halogens is 1. The van der Waals surface area contributed by atoms with E-state index in [-0.39, 0.29) is 16.5 Å². The smallest absolute Gasteiger partial charge is 0.408 e. The molecule has 23 heavy (non-hydrogen) atoms. The quantitative estimate of drug-likeness (QED) is 0.823. The van der Waals surface area contributed by atoms with E-state index in [0.717, 1.165) is 0 Å². The number of rotatable bonds is 4. The number of hydrogen-bond donors (Lipinski definition) is 2. The zero-order chi connectivity index (χ0) is 17.4. The lowest BCUT2D eigenvalue weighted by atomic mass is 10.2. The molecule has 0 spiro atoms. The first kappa shape index (κ1) is 17.3. The Bertz CT molecular complexity index is 656. The minimum Gasteiger partial charge on any atom is -0.444 e. The summed E-state index contributed by atoms with van der Waals surface area (Å²) in [5.41, 5.74) is 1.12. The topological polar surface area (TPSA) is 89.4 Å². The van der Waals surface area contributed by atoms with Crippen LogP contribution in [0, 0.1) is 0 Å². The van der Waals surface area contributed by atoms with E-state index in [4.69, 9.17) is 16.3 Å². The second kappa shape index (κ2) is 5.88. The molecule has 1 aliphatic carbocycles. The normalized spacial score (nSPS) is 15.7. The number of carbonyl (C=O) groups is 3. The van der Waals surface area contributed by atoms with Crippen molar-refractivity contribution < 1.29 is 19.1 Å². The minimum atomic E-state index is -1.01. The van der Waals surface area contributed by atoms with Gasteiger partial charge in [0.05, 0.1) is 5.02 Å². The maximum Gasteiger partial charge on any atom is 0.408 e. The second-order valence-corrected chi connectivity index (χ2v) is 7.00. The molecule has 1 saturated carbocycles. The molecule has 1 aromatic heterocycles. The van der Waals surface area contributed by atoms with E-state index in [1.165, 1.54) is 23.9 Å². The van der Waals surface area contributed by atoms with E-state index in [2.05, 4.69) is 10.7 Å². The first-order chi connectivity index (χ1) is 10.5. The van der Waals surface area contributed by atoms with Gasteiger partial charge in [-0.05, 0) is 39.7 Å². The molecule has 2 amide bonds. The number of Topliss-reactive ketones (excluding diaryl/α,β-unsaturated/α-hetero) is 1. The molecule has 2 N–H and O–H groups in total. The largest absolute Gasteiger partial charge is 0.444 e. The van der Waals surface area contributed by atoms with E-state index in [0.29, 0.717) is 12.8 Å². The fourth-order valence-corrected chi connectivity index (χ4v) is 2.37. The third-order valence-corrected chi connectivity index (χ3v) is 3.62. The Balaban J connectivity index is 2.06. The number of ether oxygens (including phenoxy) is 1. The van der Waals surface area contributed by atoms with Gasteiger partial charge in [-0.3, -0.25) is 19.7 Å². The number of aromatic nitrogens is 1. The summed E-state index contributed by atoms with van der Waals surface area (Å²) in [6.07, 6.45) is 1.84. The first-order valence-corrected chi connectivity index (χ1v) is 7.62. The van der Waals surface area contributed by atoms with Crippen LogP contribution < -0.4 is 10.7 Å². The lowest BCUT2D eigenvalue weighted by Gasteiger charge is -2.23. The Morgan fingerprint density at radius 3 is 2.39 bits per heavy atom. The van der Waals surface area contributed by atoms with Crippen LogP contribution >= 0.6 is 11.6 Å². The van der Waals surface area contributed by atoms with Crippen molar-refractivity contribution in [1.29, 1.82) is 0 Å². The molecule has 0 saturated heterocycles. The first-order valence-electron chi connectivity index (χ1n) is 7.24. The van der Waals surface area contributed by atoms with Crippen molar-refractivity contribution in [2.75, 3.05) is 5.43 Å². The van der Waals surface area contributed by atoms with Crippen LogP contribution in [-0.4, -0.2) is 33.6 Å². The van der Waals surface area contributed by atoms with Gasteiger partial charge in [0, 0.05) is 13.1 Å². The Morgan fingerprint density at radius 2 is 1.91 bits per heavy atom. The van der Waals surface area contributed by atoms with E-state index in [1.807, 2.05) is 0 Å². The molecule has 126 valence electrons. The van der Waals surface area contributed by atoms with Crippen molar-refractivity contribution in [3.05, 3.63) is 23.0 Å².